The standard InChI is InChI=1S/C10H21N3O2S/c1-9-8-11-5-4-10(9)12-16(14,15)13-6-2-3-7-13/h9-12H,2-8H2,1H3. The highest BCUT2D eigenvalue weighted by molar-refractivity contribution is 7.87. The molecule has 2 atom stereocenters. The normalized spacial score (nSPS) is 33.1. The minimum absolute atomic E-state index is 0.0897. The summed E-state index contributed by atoms with van der Waals surface area (Å²) in [6.07, 6.45) is 2.86. The van der Waals surface area contributed by atoms with E-state index in [4.69, 9.17) is 0 Å². The third kappa shape index (κ3) is 2.74. The molecule has 0 saturated carbocycles. The molecule has 2 heterocycles. The molecule has 2 fully saturated rings. The average molecular weight is 247 g/mol. The van der Waals surface area contributed by atoms with E-state index < -0.39 is 10.2 Å². The Hall–Kier alpha value is -0.170. The number of rotatable bonds is 3. The van der Waals surface area contributed by atoms with E-state index >= 15 is 0 Å². The Labute approximate surface area is 97.8 Å². The second-order valence-corrected chi connectivity index (χ2v) is 6.51. The van der Waals surface area contributed by atoms with Crippen molar-refractivity contribution in [2.24, 2.45) is 5.92 Å². The van der Waals surface area contributed by atoms with Crippen molar-refractivity contribution < 1.29 is 8.42 Å². The molecule has 2 aliphatic heterocycles. The van der Waals surface area contributed by atoms with E-state index in [1.165, 1.54) is 0 Å². The van der Waals surface area contributed by atoms with Crippen LogP contribution in [-0.4, -0.2) is 44.9 Å². The Bertz CT molecular complexity index is 325. The summed E-state index contributed by atoms with van der Waals surface area (Å²) in [6, 6.07) is 0.0897. The maximum atomic E-state index is 12.0. The highest BCUT2D eigenvalue weighted by Gasteiger charge is 2.30. The SMILES string of the molecule is CC1CNCCC1NS(=O)(=O)N1CCCC1. The first-order valence-corrected chi connectivity index (χ1v) is 7.52. The minimum Gasteiger partial charge on any atom is -0.316 e. The first-order valence-electron chi connectivity index (χ1n) is 6.08. The van der Waals surface area contributed by atoms with E-state index in [-0.39, 0.29) is 6.04 Å². The molecular formula is C10H21N3O2S. The van der Waals surface area contributed by atoms with Crippen LogP contribution in [0, 0.1) is 5.92 Å². The summed E-state index contributed by atoms with van der Waals surface area (Å²) in [5.41, 5.74) is 0. The first-order chi connectivity index (χ1) is 7.59. The van der Waals surface area contributed by atoms with E-state index in [1.54, 1.807) is 4.31 Å². The van der Waals surface area contributed by atoms with Gasteiger partial charge in [-0.1, -0.05) is 6.92 Å². The fourth-order valence-electron chi connectivity index (χ4n) is 2.38. The second kappa shape index (κ2) is 5.00. The molecule has 5 nitrogen and oxygen atoms in total. The zero-order chi connectivity index (χ0) is 11.6. The van der Waals surface area contributed by atoms with Crippen LogP contribution in [0.2, 0.25) is 0 Å². The van der Waals surface area contributed by atoms with Crippen molar-refractivity contribution in [1.29, 1.82) is 0 Å². The topological polar surface area (TPSA) is 61.4 Å². The molecule has 0 bridgehead atoms. The summed E-state index contributed by atoms with van der Waals surface area (Å²) in [6.45, 7) is 5.23. The fraction of sp³-hybridized carbons (Fsp3) is 1.00. The molecule has 2 unspecified atom stereocenters. The van der Waals surface area contributed by atoms with Gasteiger partial charge in [0.15, 0.2) is 0 Å². The van der Waals surface area contributed by atoms with E-state index in [0.717, 1.165) is 32.4 Å². The zero-order valence-electron chi connectivity index (χ0n) is 9.78. The van der Waals surface area contributed by atoms with Crippen molar-refractivity contribution in [3.05, 3.63) is 0 Å². The van der Waals surface area contributed by atoms with E-state index in [0.29, 0.717) is 19.0 Å². The summed E-state index contributed by atoms with van der Waals surface area (Å²) >= 11 is 0. The molecule has 2 aliphatic rings. The number of hydrogen-bond donors (Lipinski definition) is 2. The molecule has 0 radical (unpaired) electrons. The van der Waals surface area contributed by atoms with Gasteiger partial charge in [0.1, 0.15) is 0 Å². The van der Waals surface area contributed by atoms with Gasteiger partial charge in [0, 0.05) is 19.1 Å². The van der Waals surface area contributed by atoms with Crippen LogP contribution in [0.4, 0.5) is 0 Å². The lowest BCUT2D eigenvalue weighted by atomic mass is 9.97. The highest BCUT2D eigenvalue weighted by Crippen LogP contribution is 2.16. The quantitative estimate of drug-likeness (QED) is 0.733. The molecule has 0 aromatic carbocycles. The Kier molecular flexibility index (Phi) is 3.84. The van der Waals surface area contributed by atoms with Crippen molar-refractivity contribution in [3.8, 4) is 0 Å². The monoisotopic (exact) mass is 247 g/mol. The van der Waals surface area contributed by atoms with Crippen LogP contribution in [0.1, 0.15) is 26.2 Å². The predicted molar refractivity (Wildman–Crippen MR) is 63.3 cm³/mol. The number of nitrogens with zero attached hydrogens (tertiary/aromatic N) is 1. The molecule has 0 aromatic rings. The van der Waals surface area contributed by atoms with Gasteiger partial charge in [-0.3, -0.25) is 0 Å². The predicted octanol–water partition coefficient (Wildman–Crippen LogP) is -0.0854. The van der Waals surface area contributed by atoms with Crippen LogP contribution >= 0.6 is 0 Å². The van der Waals surface area contributed by atoms with E-state index in [1.807, 2.05) is 0 Å². The Morgan fingerprint density at radius 1 is 1.31 bits per heavy atom. The summed E-state index contributed by atoms with van der Waals surface area (Å²) in [4.78, 5) is 0. The van der Waals surface area contributed by atoms with Gasteiger partial charge in [0.25, 0.3) is 10.2 Å². The van der Waals surface area contributed by atoms with Gasteiger partial charge >= 0.3 is 0 Å². The average Bonchev–Trinajstić information content (AvgIpc) is 2.75. The number of piperidine rings is 1. The maximum Gasteiger partial charge on any atom is 0.279 e. The molecule has 94 valence electrons. The summed E-state index contributed by atoms with van der Waals surface area (Å²) < 4.78 is 28.5. The molecule has 6 heteroatoms. The van der Waals surface area contributed by atoms with E-state index in [2.05, 4.69) is 17.0 Å². The molecule has 2 saturated heterocycles. The van der Waals surface area contributed by atoms with Crippen molar-refractivity contribution in [2.45, 2.75) is 32.2 Å². The van der Waals surface area contributed by atoms with Crippen molar-refractivity contribution in [3.63, 3.8) is 0 Å². The molecular weight excluding hydrogens is 226 g/mol. The summed E-state index contributed by atoms with van der Waals surface area (Å²) in [5, 5.41) is 3.27. The third-order valence-corrected chi connectivity index (χ3v) is 5.14. The van der Waals surface area contributed by atoms with Crippen molar-refractivity contribution in [1.82, 2.24) is 14.3 Å². The second-order valence-electron chi connectivity index (χ2n) is 4.81. The van der Waals surface area contributed by atoms with Crippen LogP contribution in [0.15, 0.2) is 0 Å². The van der Waals surface area contributed by atoms with Crippen LogP contribution in [0.5, 0.6) is 0 Å². The summed E-state index contributed by atoms with van der Waals surface area (Å²) in [7, 11) is -3.24. The smallest absolute Gasteiger partial charge is 0.279 e. The fourth-order valence-corrected chi connectivity index (χ4v) is 4.00. The van der Waals surface area contributed by atoms with Gasteiger partial charge in [-0.05, 0) is 38.3 Å². The molecule has 0 aliphatic carbocycles. The lowest BCUT2D eigenvalue weighted by Crippen LogP contribution is -2.51. The van der Waals surface area contributed by atoms with Crippen LogP contribution in [0.25, 0.3) is 0 Å². The molecule has 2 rings (SSSR count). The van der Waals surface area contributed by atoms with Crippen LogP contribution in [-0.2, 0) is 10.2 Å². The Morgan fingerprint density at radius 2 is 2.00 bits per heavy atom. The molecule has 16 heavy (non-hydrogen) atoms. The first kappa shape index (κ1) is 12.3. The van der Waals surface area contributed by atoms with Gasteiger partial charge in [0.05, 0.1) is 0 Å². The number of nitrogens with one attached hydrogen (secondary N) is 2. The molecule has 2 N–H and O–H groups in total. The molecule has 0 amide bonds. The van der Waals surface area contributed by atoms with E-state index in [9.17, 15) is 8.42 Å². The van der Waals surface area contributed by atoms with Gasteiger partial charge in [-0.25, -0.2) is 0 Å². The number of hydrogen-bond acceptors (Lipinski definition) is 3. The van der Waals surface area contributed by atoms with Gasteiger partial charge in [-0.15, -0.1) is 0 Å². The highest BCUT2D eigenvalue weighted by atomic mass is 32.2. The van der Waals surface area contributed by atoms with Gasteiger partial charge in [-0.2, -0.15) is 17.4 Å². The van der Waals surface area contributed by atoms with Crippen molar-refractivity contribution in [2.75, 3.05) is 26.2 Å². The lowest BCUT2D eigenvalue weighted by molar-refractivity contribution is 0.320. The van der Waals surface area contributed by atoms with Crippen molar-refractivity contribution >= 4 is 10.2 Å². The Balaban J connectivity index is 1.96. The Morgan fingerprint density at radius 3 is 2.62 bits per heavy atom. The van der Waals surface area contributed by atoms with Gasteiger partial charge < -0.3 is 5.32 Å². The summed E-state index contributed by atoms with van der Waals surface area (Å²) in [5.74, 6) is 0.367. The third-order valence-electron chi connectivity index (χ3n) is 3.49. The largest absolute Gasteiger partial charge is 0.316 e. The lowest BCUT2D eigenvalue weighted by Gasteiger charge is -2.31. The zero-order valence-corrected chi connectivity index (χ0v) is 10.6. The van der Waals surface area contributed by atoms with Crippen LogP contribution in [0.3, 0.4) is 0 Å². The van der Waals surface area contributed by atoms with Gasteiger partial charge in [0.2, 0.25) is 0 Å². The minimum atomic E-state index is -3.24. The molecule has 0 aromatic heterocycles. The van der Waals surface area contributed by atoms with Crippen LogP contribution < -0.4 is 10.0 Å². The maximum absolute atomic E-state index is 12.0. The molecule has 0 spiro atoms.